The lowest BCUT2D eigenvalue weighted by Crippen LogP contribution is -2.33. The van der Waals surface area contributed by atoms with E-state index < -0.39 is 0 Å². The summed E-state index contributed by atoms with van der Waals surface area (Å²) in [4.78, 5) is 4.63. The highest BCUT2D eigenvalue weighted by Crippen LogP contribution is 2.39. The van der Waals surface area contributed by atoms with Crippen LogP contribution in [0, 0.1) is 0 Å². The standard InChI is InChI=1S/C16H14BrNO/c1-16(11-17)13-9-5-6-10-14(13)18-15(19-16)12-7-3-2-4-8-12/h2-10H,11H2,1H3/t16-/m0/s1. The Morgan fingerprint density at radius 3 is 2.47 bits per heavy atom. The van der Waals surface area contributed by atoms with Crippen molar-refractivity contribution in [1.29, 1.82) is 0 Å². The lowest BCUT2D eigenvalue weighted by atomic mass is 9.94. The summed E-state index contributed by atoms with van der Waals surface area (Å²) in [6.45, 7) is 2.08. The molecule has 1 atom stereocenters. The van der Waals surface area contributed by atoms with Gasteiger partial charge in [-0.05, 0) is 25.1 Å². The summed E-state index contributed by atoms with van der Waals surface area (Å²) in [6, 6.07) is 18.1. The normalized spacial score (nSPS) is 21.3. The van der Waals surface area contributed by atoms with Crippen molar-refractivity contribution in [1.82, 2.24) is 0 Å². The van der Waals surface area contributed by atoms with Crippen LogP contribution in [0.3, 0.4) is 0 Å². The Bertz CT molecular complexity index is 624. The van der Waals surface area contributed by atoms with Gasteiger partial charge in [-0.2, -0.15) is 0 Å². The van der Waals surface area contributed by atoms with Gasteiger partial charge >= 0.3 is 0 Å². The maximum atomic E-state index is 6.14. The van der Waals surface area contributed by atoms with Crippen LogP contribution in [0.4, 0.5) is 5.69 Å². The van der Waals surface area contributed by atoms with Crippen molar-refractivity contribution in [3.05, 3.63) is 65.7 Å². The molecule has 0 radical (unpaired) electrons. The molecule has 1 aliphatic rings. The van der Waals surface area contributed by atoms with Crippen LogP contribution in [-0.4, -0.2) is 11.2 Å². The Kier molecular flexibility index (Phi) is 3.15. The number of hydrogen-bond acceptors (Lipinski definition) is 2. The Balaban J connectivity index is 2.14. The largest absolute Gasteiger partial charge is 0.465 e. The van der Waals surface area contributed by atoms with Gasteiger partial charge in [-0.3, -0.25) is 0 Å². The SMILES string of the molecule is C[C@@]1(CBr)OC(c2ccccc2)=Nc2ccccc21. The van der Waals surface area contributed by atoms with Crippen molar-refractivity contribution in [2.24, 2.45) is 4.99 Å². The number of halogens is 1. The van der Waals surface area contributed by atoms with Crippen LogP contribution in [0.2, 0.25) is 0 Å². The number of rotatable bonds is 2. The van der Waals surface area contributed by atoms with E-state index in [2.05, 4.69) is 33.9 Å². The average Bonchev–Trinajstić information content (AvgIpc) is 2.48. The van der Waals surface area contributed by atoms with Gasteiger partial charge in [0.05, 0.1) is 5.69 Å². The molecule has 1 heterocycles. The van der Waals surface area contributed by atoms with Crippen LogP contribution < -0.4 is 0 Å². The summed E-state index contributed by atoms with van der Waals surface area (Å²) in [5.74, 6) is 0.682. The number of para-hydroxylation sites is 1. The second-order valence-electron chi connectivity index (χ2n) is 4.77. The molecule has 0 saturated carbocycles. The van der Waals surface area contributed by atoms with E-state index in [0.717, 1.165) is 22.1 Å². The first-order chi connectivity index (χ1) is 9.23. The molecule has 2 aromatic carbocycles. The first-order valence-electron chi connectivity index (χ1n) is 6.21. The number of alkyl halides is 1. The van der Waals surface area contributed by atoms with Gasteiger partial charge in [0.2, 0.25) is 5.90 Å². The molecule has 3 rings (SSSR count). The lowest BCUT2D eigenvalue weighted by Gasteiger charge is -2.34. The minimum absolute atomic E-state index is 0.385. The number of benzene rings is 2. The Labute approximate surface area is 121 Å². The predicted molar refractivity (Wildman–Crippen MR) is 81.3 cm³/mol. The molecule has 96 valence electrons. The second-order valence-corrected chi connectivity index (χ2v) is 5.33. The summed E-state index contributed by atoms with van der Waals surface area (Å²) in [5, 5.41) is 0.725. The highest BCUT2D eigenvalue weighted by atomic mass is 79.9. The maximum absolute atomic E-state index is 6.14. The molecular weight excluding hydrogens is 302 g/mol. The third-order valence-corrected chi connectivity index (χ3v) is 4.36. The predicted octanol–water partition coefficient (Wildman–Crippen LogP) is 4.41. The molecule has 0 aromatic heterocycles. The molecule has 0 fully saturated rings. The molecule has 0 unspecified atom stereocenters. The highest BCUT2D eigenvalue weighted by molar-refractivity contribution is 9.09. The summed E-state index contributed by atoms with van der Waals surface area (Å²) in [6.07, 6.45) is 0. The average molecular weight is 316 g/mol. The summed E-state index contributed by atoms with van der Waals surface area (Å²) < 4.78 is 6.14. The third-order valence-electron chi connectivity index (χ3n) is 3.29. The molecule has 2 nitrogen and oxygen atoms in total. The number of aliphatic imine (C=N–C) groups is 1. The number of nitrogens with zero attached hydrogens (tertiary/aromatic N) is 1. The molecule has 1 aliphatic heterocycles. The van der Waals surface area contributed by atoms with E-state index in [-0.39, 0.29) is 5.60 Å². The van der Waals surface area contributed by atoms with Crippen molar-refractivity contribution >= 4 is 27.5 Å². The van der Waals surface area contributed by atoms with Gasteiger partial charge in [-0.25, -0.2) is 4.99 Å². The van der Waals surface area contributed by atoms with Crippen molar-refractivity contribution in [2.75, 3.05) is 5.33 Å². The fourth-order valence-electron chi connectivity index (χ4n) is 2.22. The zero-order valence-electron chi connectivity index (χ0n) is 10.6. The van der Waals surface area contributed by atoms with Gasteiger partial charge in [0.1, 0.15) is 5.60 Å². The molecule has 3 heteroatoms. The molecule has 0 saturated heterocycles. The molecule has 0 N–H and O–H groups in total. The second kappa shape index (κ2) is 4.82. The van der Waals surface area contributed by atoms with Crippen LogP contribution in [0.25, 0.3) is 0 Å². The zero-order chi connectivity index (χ0) is 13.3. The summed E-state index contributed by atoms with van der Waals surface area (Å²) in [7, 11) is 0. The van der Waals surface area contributed by atoms with Gasteiger partial charge in [-0.1, -0.05) is 52.3 Å². The molecule has 2 aromatic rings. The molecule has 0 amide bonds. The molecule has 0 aliphatic carbocycles. The van der Waals surface area contributed by atoms with Crippen molar-refractivity contribution in [3.8, 4) is 0 Å². The number of hydrogen-bond donors (Lipinski definition) is 0. The first-order valence-corrected chi connectivity index (χ1v) is 7.34. The van der Waals surface area contributed by atoms with E-state index in [4.69, 9.17) is 4.74 Å². The quantitative estimate of drug-likeness (QED) is 0.752. The Hall–Kier alpha value is -1.61. The Morgan fingerprint density at radius 1 is 1.05 bits per heavy atom. The van der Waals surface area contributed by atoms with Crippen molar-refractivity contribution in [2.45, 2.75) is 12.5 Å². The van der Waals surface area contributed by atoms with E-state index in [1.807, 2.05) is 48.5 Å². The number of fused-ring (bicyclic) bond motifs is 1. The van der Waals surface area contributed by atoms with Crippen LogP contribution in [0.5, 0.6) is 0 Å². The van der Waals surface area contributed by atoms with E-state index in [0.29, 0.717) is 5.90 Å². The van der Waals surface area contributed by atoms with E-state index >= 15 is 0 Å². The summed E-state index contributed by atoms with van der Waals surface area (Å²) >= 11 is 3.56. The van der Waals surface area contributed by atoms with Crippen LogP contribution in [0.1, 0.15) is 18.1 Å². The minimum Gasteiger partial charge on any atom is -0.465 e. The lowest BCUT2D eigenvalue weighted by molar-refractivity contribution is 0.0980. The maximum Gasteiger partial charge on any atom is 0.222 e. The van der Waals surface area contributed by atoms with Crippen molar-refractivity contribution < 1.29 is 4.74 Å². The van der Waals surface area contributed by atoms with Gasteiger partial charge < -0.3 is 4.74 Å². The van der Waals surface area contributed by atoms with Gasteiger partial charge in [0.25, 0.3) is 0 Å². The fraction of sp³-hybridized carbons (Fsp3) is 0.188. The van der Waals surface area contributed by atoms with Gasteiger partial charge in [-0.15, -0.1) is 0 Å². The van der Waals surface area contributed by atoms with Crippen LogP contribution in [-0.2, 0) is 10.3 Å². The minimum atomic E-state index is -0.385. The molecular formula is C16H14BrNO. The van der Waals surface area contributed by atoms with Gasteiger partial charge in [0, 0.05) is 16.5 Å². The molecule has 0 bridgehead atoms. The molecule has 0 spiro atoms. The van der Waals surface area contributed by atoms with Crippen LogP contribution in [0.15, 0.2) is 59.6 Å². The van der Waals surface area contributed by atoms with E-state index in [9.17, 15) is 0 Å². The van der Waals surface area contributed by atoms with Crippen molar-refractivity contribution in [3.63, 3.8) is 0 Å². The zero-order valence-corrected chi connectivity index (χ0v) is 12.2. The number of ether oxygens (including phenoxy) is 1. The highest BCUT2D eigenvalue weighted by Gasteiger charge is 2.35. The summed E-state index contributed by atoms with van der Waals surface area (Å²) in [5.41, 5.74) is 2.72. The van der Waals surface area contributed by atoms with Crippen LogP contribution >= 0.6 is 15.9 Å². The van der Waals surface area contributed by atoms with E-state index in [1.54, 1.807) is 0 Å². The third kappa shape index (κ3) is 2.19. The van der Waals surface area contributed by atoms with E-state index in [1.165, 1.54) is 0 Å². The monoisotopic (exact) mass is 315 g/mol. The topological polar surface area (TPSA) is 21.6 Å². The first kappa shape index (κ1) is 12.4. The Morgan fingerprint density at radius 2 is 1.74 bits per heavy atom. The fourth-order valence-corrected chi connectivity index (χ4v) is 2.64. The van der Waals surface area contributed by atoms with Gasteiger partial charge in [0.15, 0.2) is 0 Å². The molecule has 19 heavy (non-hydrogen) atoms. The smallest absolute Gasteiger partial charge is 0.222 e.